The third kappa shape index (κ3) is 4.48. The second-order valence-corrected chi connectivity index (χ2v) is 7.08. The number of benzene rings is 2. The Hall–Kier alpha value is -2.82. The van der Waals surface area contributed by atoms with Crippen molar-refractivity contribution < 1.29 is 14.3 Å². The molecular weight excluding hydrogens is 340 g/mol. The Kier molecular flexibility index (Phi) is 5.79. The van der Waals surface area contributed by atoms with Gasteiger partial charge in [0, 0.05) is 30.3 Å². The molecule has 0 unspecified atom stereocenters. The summed E-state index contributed by atoms with van der Waals surface area (Å²) in [6.45, 7) is 5.26. The van der Waals surface area contributed by atoms with E-state index >= 15 is 0 Å². The maximum atomic E-state index is 12.7. The van der Waals surface area contributed by atoms with Gasteiger partial charge in [0.1, 0.15) is 5.75 Å². The second-order valence-electron chi connectivity index (χ2n) is 7.08. The van der Waals surface area contributed by atoms with Gasteiger partial charge in [-0.2, -0.15) is 0 Å². The monoisotopic (exact) mass is 366 g/mol. The highest BCUT2D eigenvalue weighted by atomic mass is 16.5. The zero-order valence-electron chi connectivity index (χ0n) is 16.1. The molecule has 27 heavy (non-hydrogen) atoms. The van der Waals surface area contributed by atoms with Crippen LogP contribution < -0.4 is 10.1 Å². The number of methoxy groups -OCH3 is 1. The molecule has 0 spiro atoms. The van der Waals surface area contributed by atoms with Crippen LogP contribution in [0.1, 0.15) is 34.3 Å². The van der Waals surface area contributed by atoms with Crippen LogP contribution in [0.25, 0.3) is 0 Å². The number of carbonyl (C=O) groups excluding carboxylic acids is 2. The third-order valence-corrected chi connectivity index (χ3v) is 5.26. The van der Waals surface area contributed by atoms with E-state index in [-0.39, 0.29) is 17.7 Å². The number of ether oxygens (including phenoxy) is 1. The Bertz CT molecular complexity index is 822. The molecule has 0 aliphatic carbocycles. The molecule has 0 bridgehead atoms. The molecule has 1 saturated heterocycles. The van der Waals surface area contributed by atoms with Crippen LogP contribution in [0.2, 0.25) is 0 Å². The van der Waals surface area contributed by atoms with Gasteiger partial charge in [0.15, 0.2) is 0 Å². The van der Waals surface area contributed by atoms with Gasteiger partial charge in [0.05, 0.1) is 7.11 Å². The van der Waals surface area contributed by atoms with Gasteiger partial charge in [-0.15, -0.1) is 0 Å². The van der Waals surface area contributed by atoms with Crippen LogP contribution in [-0.2, 0) is 4.79 Å². The van der Waals surface area contributed by atoms with E-state index in [0.29, 0.717) is 25.9 Å². The summed E-state index contributed by atoms with van der Waals surface area (Å²) in [5, 5.41) is 2.95. The first kappa shape index (κ1) is 19.0. The van der Waals surface area contributed by atoms with Gasteiger partial charge in [-0.05, 0) is 74.2 Å². The number of likely N-dealkylation sites (tertiary alicyclic amines) is 1. The highest BCUT2D eigenvalue weighted by molar-refractivity contribution is 5.95. The molecule has 1 fully saturated rings. The molecular formula is C22H26N2O3. The van der Waals surface area contributed by atoms with Crippen LogP contribution in [0.5, 0.6) is 5.75 Å². The maximum Gasteiger partial charge on any atom is 0.253 e. The minimum Gasteiger partial charge on any atom is -0.497 e. The number of anilines is 1. The van der Waals surface area contributed by atoms with E-state index in [2.05, 4.69) is 5.32 Å². The van der Waals surface area contributed by atoms with Crippen LogP contribution >= 0.6 is 0 Å². The van der Waals surface area contributed by atoms with Gasteiger partial charge in [-0.25, -0.2) is 0 Å². The highest BCUT2D eigenvalue weighted by Gasteiger charge is 2.28. The Labute approximate surface area is 160 Å². The number of hydrogen-bond donors (Lipinski definition) is 1. The predicted molar refractivity (Wildman–Crippen MR) is 106 cm³/mol. The molecule has 0 radical (unpaired) electrons. The van der Waals surface area contributed by atoms with Gasteiger partial charge in [0.2, 0.25) is 5.91 Å². The zero-order chi connectivity index (χ0) is 19.4. The van der Waals surface area contributed by atoms with Crippen LogP contribution in [0.15, 0.2) is 42.5 Å². The molecule has 1 N–H and O–H groups in total. The van der Waals surface area contributed by atoms with Crippen molar-refractivity contribution in [3.63, 3.8) is 0 Å². The lowest BCUT2D eigenvalue weighted by Gasteiger charge is -2.31. The van der Waals surface area contributed by atoms with Crippen LogP contribution in [0.3, 0.4) is 0 Å². The molecule has 2 amide bonds. The summed E-state index contributed by atoms with van der Waals surface area (Å²) in [6, 6.07) is 13.1. The predicted octanol–water partition coefficient (Wildman–Crippen LogP) is 3.80. The van der Waals surface area contributed by atoms with Crippen molar-refractivity contribution in [3.8, 4) is 5.75 Å². The minimum atomic E-state index is -0.0732. The molecule has 2 aromatic carbocycles. The molecule has 1 aliphatic rings. The van der Waals surface area contributed by atoms with Gasteiger partial charge >= 0.3 is 0 Å². The summed E-state index contributed by atoms with van der Waals surface area (Å²) in [6.07, 6.45) is 1.36. The zero-order valence-corrected chi connectivity index (χ0v) is 16.1. The number of rotatable bonds is 4. The van der Waals surface area contributed by atoms with Crippen molar-refractivity contribution in [3.05, 3.63) is 59.2 Å². The average Bonchev–Trinajstić information content (AvgIpc) is 2.70. The maximum absolute atomic E-state index is 12.7. The fraction of sp³-hybridized carbons (Fsp3) is 0.364. The number of nitrogens with zero attached hydrogens (tertiary/aromatic N) is 1. The molecule has 1 aliphatic heterocycles. The number of nitrogens with one attached hydrogen (secondary N) is 1. The fourth-order valence-corrected chi connectivity index (χ4v) is 3.32. The Morgan fingerprint density at radius 1 is 1.00 bits per heavy atom. The second kappa shape index (κ2) is 8.25. The molecule has 5 heteroatoms. The summed E-state index contributed by atoms with van der Waals surface area (Å²) >= 11 is 0. The standard InChI is InChI=1S/C22H26N2O3/c1-15-4-5-18(14-16(15)2)22(26)24-12-10-17(11-13-24)21(25)23-19-6-8-20(27-3)9-7-19/h4-9,14,17H,10-13H2,1-3H3,(H,23,25). The summed E-state index contributed by atoms with van der Waals surface area (Å²) in [7, 11) is 1.61. The van der Waals surface area contributed by atoms with E-state index in [1.54, 1.807) is 7.11 Å². The van der Waals surface area contributed by atoms with E-state index < -0.39 is 0 Å². The first-order valence-corrected chi connectivity index (χ1v) is 9.29. The van der Waals surface area contributed by atoms with Gasteiger partial charge in [0.25, 0.3) is 5.91 Å². The van der Waals surface area contributed by atoms with E-state index in [1.165, 1.54) is 5.56 Å². The summed E-state index contributed by atoms with van der Waals surface area (Å²) in [5.74, 6) is 0.743. The summed E-state index contributed by atoms with van der Waals surface area (Å²) in [4.78, 5) is 27.1. The SMILES string of the molecule is COc1ccc(NC(=O)C2CCN(C(=O)c3ccc(C)c(C)c3)CC2)cc1. The van der Waals surface area contributed by atoms with Crippen molar-refractivity contribution in [1.82, 2.24) is 4.90 Å². The number of piperidine rings is 1. The Morgan fingerprint density at radius 2 is 1.67 bits per heavy atom. The number of amides is 2. The minimum absolute atomic E-state index is 0.0125. The Balaban J connectivity index is 1.55. The molecule has 5 nitrogen and oxygen atoms in total. The van der Waals surface area contributed by atoms with Gasteiger partial charge in [-0.1, -0.05) is 6.07 Å². The molecule has 0 atom stereocenters. The molecule has 2 aromatic rings. The smallest absolute Gasteiger partial charge is 0.253 e. The lowest BCUT2D eigenvalue weighted by atomic mass is 9.95. The van der Waals surface area contributed by atoms with Gasteiger partial charge in [-0.3, -0.25) is 9.59 Å². The van der Waals surface area contributed by atoms with Crippen molar-refractivity contribution in [1.29, 1.82) is 0 Å². The quantitative estimate of drug-likeness (QED) is 0.895. The van der Waals surface area contributed by atoms with E-state index in [9.17, 15) is 9.59 Å². The van der Waals surface area contributed by atoms with Gasteiger partial charge < -0.3 is 15.0 Å². The van der Waals surface area contributed by atoms with Crippen molar-refractivity contribution in [2.75, 3.05) is 25.5 Å². The first-order chi connectivity index (χ1) is 13.0. The van der Waals surface area contributed by atoms with E-state index in [4.69, 9.17) is 4.74 Å². The molecule has 0 aromatic heterocycles. The average molecular weight is 366 g/mol. The fourth-order valence-electron chi connectivity index (χ4n) is 3.32. The highest BCUT2D eigenvalue weighted by Crippen LogP contribution is 2.22. The van der Waals surface area contributed by atoms with E-state index in [1.807, 2.05) is 61.2 Å². The van der Waals surface area contributed by atoms with Crippen molar-refractivity contribution >= 4 is 17.5 Å². The molecule has 0 saturated carbocycles. The topological polar surface area (TPSA) is 58.6 Å². The lowest BCUT2D eigenvalue weighted by Crippen LogP contribution is -2.41. The van der Waals surface area contributed by atoms with Crippen LogP contribution in [0.4, 0.5) is 5.69 Å². The third-order valence-electron chi connectivity index (χ3n) is 5.26. The van der Waals surface area contributed by atoms with Crippen molar-refractivity contribution in [2.24, 2.45) is 5.92 Å². The summed E-state index contributed by atoms with van der Waals surface area (Å²) < 4.78 is 5.12. The number of carbonyl (C=O) groups is 2. The Morgan fingerprint density at radius 3 is 2.26 bits per heavy atom. The summed E-state index contributed by atoms with van der Waals surface area (Å²) in [5.41, 5.74) is 3.78. The molecule has 1 heterocycles. The van der Waals surface area contributed by atoms with E-state index in [0.717, 1.165) is 22.6 Å². The normalized spacial score (nSPS) is 14.7. The van der Waals surface area contributed by atoms with Crippen LogP contribution in [0, 0.1) is 19.8 Å². The largest absolute Gasteiger partial charge is 0.497 e. The number of aryl methyl sites for hydroxylation is 2. The molecule has 3 rings (SSSR count). The van der Waals surface area contributed by atoms with Crippen molar-refractivity contribution in [2.45, 2.75) is 26.7 Å². The lowest BCUT2D eigenvalue weighted by molar-refractivity contribution is -0.121. The first-order valence-electron chi connectivity index (χ1n) is 9.29. The molecule has 142 valence electrons. The number of hydrogen-bond acceptors (Lipinski definition) is 3. The van der Waals surface area contributed by atoms with Crippen LogP contribution in [-0.4, -0.2) is 36.9 Å².